The molecule has 2 heteroatoms. The van der Waals surface area contributed by atoms with E-state index in [-0.39, 0.29) is 0 Å². The highest BCUT2D eigenvalue weighted by Crippen LogP contribution is 2.12. The molecule has 0 saturated carbocycles. The third kappa shape index (κ3) is 4.48. The molecule has 2 N–H and O–H groups in total. The summed E-state index contributed by atoms with van der Waals surface area (Å²) < 4.78 is 0. The van der Waals surface area contributed by atoms with Crippen LogP contribution >= 0.6 is 0 Å². The lowest BCUT2D eigenvalue weighted by atomic mass is 10.0. The van der Waals surface area contributed by atoms with Gasteiger partial charge in [-0.15, -0.1) is 0 Å². The van der Waals surface area contributed by atoms with Crippen molar-refractivity contribution in [1.29, 1.82) is 0 Å². The first kappa shape index (κ1) is 14.8. The fourth-order valence-electron chi connectivity index (χ4n) is 2.37. The first-order valence-electron chi connectivity index (χ1n) is 7.17. The van der Waals surface area contributed by atoms with Crippen LogP contribution in [0.3, 0.4) is 0 Å². The summed E-state index contributed by atoms with van der Waals surface area (Å²) >= 11 is 0. The minimum absolute atomic E-state index is 0.343. The standard InChI is InChI=1S/C18H23NO/c1-14-7-6-8-16(11-14)12-15(2)19-13-18(20)17-9-4-3-5-10-17/h3-11,15,18-20H,12-13H2,1-2H3/t15-,18+/m1/s1. The van der Waals surface area contributed by atoms with E-state index >= 15 is 0 Å². The maximum Gasteiger partial charge on any atom is 0.0914 e. The molecule has 2 rings (SSSR count). The summed E-state index contributed by atoms with van der Waals surface area (Å²) in [4.78, 5) is 0. The summed E-state index contributed by atoms with van der Waals surface area (Å²) in [6, 6.07) is 18.7. The van der Waals surface area contributed by atoms with Gasteiger partial charge in [0.2, 0.25) is 0 Å². The predicted molar refractivity (Wildman–Crippen MR) is 83.7 cm³/mol. The third-order valence-electron chi connectivity index (χ3n) is 3.47. The summed E-state index contributed by atoms with van der Waals surface area (Å²) in [5.74, 6) is 0. The van der Waals surface area contributed by atoms with E-state index in [9.17, 15) is 5.11 Å². The van der Waals surface area contributed by atoms with E-state index in [0.29, 0.717) is 12.6 Å². The lowest BCUT2D eigenvalue weighted by Gasteiger charge is -2.17. The van der Waals surface area contributed by atoms with Crippen LogP contribution in [0.4, 0.5) is 0 Å². The Morgan fingerprint density at radius 1 is 1.05 bits per heavy atom. The number of rotatable bonds is 6. The van der Waals surface area contributed by atoms with Gasteiger partial charge in [0.1, 0.15) is 0 Å². The van der Waals surface area contributed by atoms with Crippen molar-refractivity contribution in [3.05, 3.63) is 71.3 Å². The molecule has 0 aliphatic rings. The number of aliphatic hydroxyl groups is 1. The molecule has 2 nitrogen and oxygen atoms in total. The van der Waals surface area contributed by atoms with Crippen molar-refractivity contribution in [2.24, 2.45) is 0 Å². The molecule has 0 aliphatic carbocycles. The fourth-order valence-corrected chi connectivity index (χ4v) is 2.37. The highest BCUT2D eigenvalue weighted by Gasteiger charge is 2.09. The Bertz CT molecular complexity index is 524. The van der Waals surface area contributed by atoms with Crippen molar-refractivity contribution in [2.75, 3.05) is 6.54 Å². The number of nitrogens with one attached hydrogen (secondary N) is 1. The van der Waals surface area contributed by atoms with Gasteiger partial charge in [0, 0.05) is 12.6 Å². The Balaban J connectivity index is 1.82. The second-order valence-corrected chi connectivity index (χ2v) is 5.43. The predicted octanol–water partition coefficient (Wildman–Crippen LogP) is 3.25. The normalized spacial score (nSPS) is 13.9. The number of aryl methyl sites for hydroxylation is 1. The molecule has 0 aromatic heterocycles. The maximum absolute atomic E-state index is 10.1. The molecule has 0 unspecified atom stereocenters. The Morgan fingerprint density at radius 2 is 1.80 bits per heavy atom. The van der Waals surface area contributed by atoms with E-state index in [1.807, 2.05) is 30.3 Å². The molecule has 0 saturated heterocycles. The topological polar surface area (TPSA) is 32.3 Å². The van der Waals surface area contributed by atoms with Crippen LogP contribution in [-0.2, 0) is 6.42 Å². The molecule has 0 bridgehead atoms. The summed E-state index contributed by atoms with van der Waals surface area (Å²) in [5, 5.41) is 13.5. The van der Waals surface area contributed by atoms with Gasteiger partial charge >= 0.3 is 0 Å². The minimum atomic E-state index is -0.448. The Labute approximate surface area is 121 Å². The maximum atomic E-state index is 10.1. The highest BCUT2D eigenvalue weighted by molar-refractivity contribution is 5.23. The average molecular weight is 269 g/mol. The highest BCUT2D eigenvalue weighted by atomic mass is 16.3. The Morgan fingerprint density at radius 3 is 2.50 bits per heavy atom. The smallest absolute Gasteiger partial charge is 0.0914 e. The van der Waals surface area contributed by atoms with Crippen LogP contribution in [0.25, 0.3) is 0 Å². The first-order valence-corrected chi connectivity index (χ1v) is 7.17. The lowest BCUT2D eigenvalue weighted by molar-refractivity contribution is 0.170. The van der Waals surface area contributed by atoms with E-state index in [0.717, 1.165) is 12.0 Å². The molecule has 0 fully saturated rings. The molecule has 0 radical (unpaired) electrons. The second kappa shape index (κ2) is 7.22. The van der Waals surface area contributed by atoms with Crippen molar-refractivity contribution in [1.82, 2.24) is 5.32 Å². The molecule has 2 aromatic carbocycles. The van der Waals surface area contributed by atoms with Gasteiger partial charge in [0.15, 0.2) is 0 Å². The van der Waals surface area contributed by atoms with E-state index in [1.165, 1.54) is 11.1 Å². The molecule has 20 heavy (non-hydrogen) atoms. The van der Waals surface area contributed by atoms with Crippen molar-refractivity contribution in [2.45, 2.75) is 32.4 Å². The van der Waals surface area contributed by atoms with E-state index in [1.54, 1.807) is 0 Å². The molecular weight excluding hydrogens is 246 g/mol. The number of hydrogen-bond acceptors (Lipinski definition) is 2. The largest absolute Gasteiger partial charge is 0.387 e. The summed E-state index contributed by atoms with van der Waals surface area (Å²) in [7, 11) is 0. The van der Waals surface area contributed by atoms with E-state index in [2.05, 4.69) is 43.4 Å². The van der Waals surface area contributed by atoms with Gasteiger partial charge in [-0.25, -0.2) is 0 Å². The Hall–Kier alpha value is -1.64. The molecular formula is C18H23NO. The van der Waals surface area contributed by atoms with Crippen LogP contribution < -0.4 is 5.32 Å². The zero-order valence-corrected chi connectivity index (χ0v) is 12.2. The Kier molecular flexibility index (Phi) is 5.33. The van der Waals surface area contributed by atoms with Crippen LogP contribution in [0.5, 0.6) is 0 Å². The van der Waals surface area contributed by atoms with Crippen LogP contribution in [0.15, 0.2) is 54.6 Å². The minimum Gasteiger partial charge on any atom is -0.387 e. The molecule has 2 atom stereocenters. The van der Waals surface area contributed by atoms with Gasteiger partial charge in [-0.3, -0.25) is 0 Å². The summed E-state index contributed by atoms with van der Waals surface area (Å²) in [6.07, 6.45) is 0.527. The van der Waals surface area contributed by atoms with E-state index in [4.69, 9.17) is 0 Å². The molecule has 106 valence electrons. The van der Waals surface area contributed by atoms with Crippen molar-refractivity contribution < 1.29 is 5.11 Å². The molecule has 0 amide bonds. The van der Waals surface area contributed by atoms with Crippen LogP contribution in [0.1, 0.15) is 29.7 Å². The monoisotopic (exact) mass is 269 g/mol. The SMILES string of the molecule is Cc1cccc(C[C@@H](C)NC[C@H](O)c2ccccc2)c1. The van der Waals surface area contributed by atoms with Gasteiger partial charge in [0.25, 0.3) is 0 Å². The fraction of sp³-hybridized carbons (Fsp3) is 0.333. The van der Waals surface area contributed by atoms with Gasteiger partial charge in [-0.05, 0) is 31.4 Å². The zero-order chi connectivity index (χ0) is 14.4. The number of benzene rings is 2. The molecule has 2 aromatic rings. The summed E-state index contributed by atoms with van der Waals surface area (Å²) in [5.41, 5.74) is 3.58. The van der Waals surface area contributed by atoms with Crippen molar-refractivity contribution in [3.63, 3.8) is 0 Å². The number of hydrogen-bond donors (Lipinski definition) is 2. The van der Waals surface area contributed by atoms with E-state index < -0.39 is 6.10 Å². The van der Waals surface area contributed by atoms with Crippen molar-refractivity contribution >= 4 is 0 Å². The van der Waals surface area contributed by atoms with Crippen LogP contribution in [0.2, 0.25) is 0 Å². The molecule has 0 aliphatic heterocycles. The summed E-state index contributed by atoms with van der Waals surface area (Å²) in [6.45, 7) is 4.85. The zero-order valence-electron chi connectivity index (χ0n) is 12.2. The third-order valence-corrected chi connectivity index (χ3v) is 3.47. The second-order valence-electron chi connectivity index (χ2n) is 5.43. The first-order chi connectivity index (χ1) is 9.65. The average Bonchev–Trinajstić information content (AvgIpc) is 2.46. The molecule has 0 heterocycles. The van der Waals surface area contributed by atoms with Crippen LogP contribution in [-0.4, -0.2) is 17.7 Å². The quantitative estimate of drug-likeness (QED) is 0.843. The van der Waals surface area contributed by atoms with Crippen molar-refractivity contribution in [3.8, 4) is 0 Å². The van der Waals surface area contributed by atoms with Gasteiger partial charge in [-0.2, -0.15) is 0 Å². The number of aliphatic hydroxyl groups excluding tert-OH is 1. The van der Waals surface area contributed by atoms with Gasteiger partial charge in [-0.1, -0.05) is 60.2 Å². The molecule has 0 spiro atoms. The van der Waals surface area contributed by atoms with Gasteiger partial charge < -0.3 is 10.4 Å². The lowest BCUT2D eigenvalue weighted by Crippen LogP contribution is -2.32. The van der Waals surface area contributed by atoms with Crippen LogP contribution in [0, 0.1) is 6.92 Å². The van der Waals surface area contributed by atoms with Gasteiger partial charge in [0.05, 0.1) is 6.10 Å².